The third kappa shape index (κ3) is 10.3. The average molecular weight is 695 g/mol. The Morgan fingerprint density at radius 2 is 1.72 bits per heavy atom. The van der Waals surface area contributed by atoms with E-state index in [1.807, 2.05) is 6.21 Å². The zero-order chi connectivity index (χ0) is 34.6. The Hall–Kier alpha value is -2.96. The van der Waals surface area contributed by atoms with E-state index in [2.05, 4.69) is 54.3 Å². The molecule has 4 aliphatic rings. The van der Waals surface area contributed by atoms with Crippen molar-refractivity contribution < 1.29 is 23.0 Å². The van der Waals surface area contributed by atoms with Crippen molar-refractivity contribution in [1.82, 2.24) is 14.7 Å². The van der Waals surface area contributed by atoms with Gasteiger partial charge in [0.15, 0.2) is 0 Å². The number of nitrogens with zero attached hydrogens (tertiary/aromatic N) is 5. The normalized spacial score (nSPS) is 25.7. The molecule has 274 valence electrons. The number of nitrogens with one attached hydrogen (secondary N) is 1. The van der Waals surface area contributed by atoms with Crippen molar-refractivity contribution in [2.75, 3.05) is 91.2 Å². The molecule has 0 aliphatic carbocycles. The van der Waals surface area contributed by atoms with E-state index >= 15 is 4.39 Å². The lowest BCUT2D eigenvalue weighted by molar-refractivity contribution is -0.0848. The molecule has 2 unspecified atom stereocenters. The number of hydrogen-bond acceptors (Lipinski definition) is 8. The maximum Gasteiger partial charge on any atom is 0.132 e. The summed E-state index contributed by atoms with van der Waals surface area (Å²) < 4.78 is 47.4. The number of benzene rings is 2. The monoisotopic (exact) mass is 694 g/mol. The first kappa shape index (κ1) is 36.8. The third-order valence-electron chi connectivity index (χ3n) is 11.0. The quantitative estimate of drug-likeness (QED) is 0.209. The molecule has 0 spiro atoms. The Morgan fingerprint density at radius 1 is 0.940 bits per heavy atom. The molecule has 0 radical (unpaired) electrons. The van der Waals surface area contributed by atoms with Crippen LogP contribution in [0.3, 0.4) is 0 Å². The second-order valence-electron chi connectivity index (χ2n) is 14.4. The first-order valence-corrected chi connectivity index (χ1v) is 18.8. The van der Waals surface area contributed by atoms with Crippen molar-refractivity contribution in [3.05, 3.63) is 59.7 Å². The van der Waals surface area contributed by atoms with Crippen LogP contribution in [0.1, 0.15) is 56.9 Å². The van der Waals surface area contributed by atoms with Crippen LogP contribution in [0.4, 0.5) is 14.5 Å². The van der Waals surface area contributed by atoms with Crippen molar-refractivity contribution in [2.24, 2.45) is 15.9 Å². The van der Waals surface area contributed by atoms with Crippen molar-refractivity contribution in [1.29, 1.82) is 0 Å². The van der Waals surface area contributed by atoms with E-state index in [0.717, 1.165) is 121 Å². The first-order chi connectivity index (χ1) is 24.5. The van der Waals surface area contributed by atoms with Gasteiger partial charge in [-0.2, -0.15) is 0 Å². The fraction of sp³-hybridized carbons (Fsp3) is 0.641. The van der Waals surface area contributed by atoms with Crippen LogP contribution >= 0.6 is 0 Å². The Morgan fingerprint density at radius 3 is 2.46 bits per heavy atom. The van der Waals surface area contributed by atoms with Crippen molar-refractivity contribution >= 4 is 18.2 Å². The summed E-state index contributed by atoms with van der Waals surface area (Å²) in [6, 6.07) is 13.4. The molecule has 11 heteroatoms. The highest BCUT2D eigenvalue weighted by Gasteiger charge is 2.41. The van der Waals surface area contributed by atoms with Gasteiger partial charge >= 0.3 is 0 Å². The summed E-state index contributed by atoms with van der Waals surface area (Å²) in [5.74, 6) is 0.151. The molecule has 9 nitrogen and oxygen atoms in total. The van der Waals surface area contributed by atoms with E-state index in [1.54, 1.807) is 19.5 Å². The minimum Gasteiger partial charge on any atom is -0.492 e. The molecule has 6 rings (SSSR count). The van der Waals surface area contributed by atoms with Crippen LogP contribution in [-0.2, 0) is 15.1 Å². The second kappa shape index (κ2) is 18.5. The maximum atomic E-state index is 15.4. The number of likely N-dealkylation sites (tertiary alicyclic amines) is 2. The molecular weight excluding hydrogens is 638 g/mol. The predicted octanol–water partition coefficient (Wildman–Crippen LogP) is 5.85. The van der Waals surface area contributed by atoms with Crippen LogP contribution in [0.15, 0.2) is 52.4 Å². The molecule has 2 atom stereocenters. The van der Waals surface area contributed by atoms with Gasteiger partial charge in [-0.25, -0.2) is 13.8 Å². The largest absolute Gasteiger partial charge is 0.492 e. The smallest absolute Gasteiger partial charge is 0.132 e. The molecule has 50 heavy (non-hydrogen) atoms. The molecule has 0 amide bonds. The highest BCUT2D eigenvalue weighted by molar-refractivity contribution is 5.72. The van der Waals surface area contributed by atoms with Crippen molar-refractivity contribution in [3.63, 3.8) is 0 Å². The molecule has 0 bridgehead atoms. The topological polar surface area (TPSA) is 74.2 Å². The number of piperidine rings is 2. The first-order valence-electron chi connectivity index (χ1n) is 18.8. The third-order valence-corrected chi connectivity index (χ3v) is 11.0. The lowest BCUT2D eigenvalue weighted by Gasteiger charge is -2.44. The van der Waals surface area contributed by atoms with E-state index in [9.17, 15) is 4.39 Å². The molecule has 4 heterocycles. The lowest BCUT2D eigenvalue weighted by atomic mass is 9.86. The minimum atomic E-state index is -0.793. The standard InChI is InChI=1S/C39H56F2N6O3/c1-42-30-43-16-10-31-3-2-15-39(50-28-31,37-9-4-32(40)27-38(37)41)29-46-17-13-35(14-18-46)47-19-11-34(12-20-47)44-33-5-7-36(8-6-33)49-26-23-45-21-24-48-25-22-45/h4-9,16,27,30-31,34-35,44H,2-3,10-15,17-26,28-29H2,1H3. The fourth-order valence-corrected chi connectivity index (χ4v) is 8.11. The maximum absolute atomic E-state index is 15.4. The molecule has 4 aliphatic heterocycles. The van der Waals surface area contributed by atoms with Gasteiger partial charge in [-0.15, -0.1) is 0 Å². The number of ether oxygens (including phenoxy) is 3. The van der Waals surface area contributed by atoms with Gasteiger partial charge in [-0.1, -0.05) is 6.07 Å². The van der Waals surface area contributed by atoms with Crippen LogP contribution < -0.4 is 10.1 Å². The molecule has 2 aromatic rings. The summed E-state index contributed by atoms with van der Waals surface area (Å²) in [5, 5.41) is 3.75. The van der Waals surface area contributed by atoms with Crippen molar-refractivity contribution in [3.8, 4) is 5.75 Å². The fourth-order valence-electron chi connectivity index (χ4n) is 8.11. The van der Waals surface area contributed by atoms with Crippen LogP contribution in [0.2, 0.25) is 0 Å². The Balaban J connectivity index is 0.956. The molecule has 0 aromatic heterocycles. The van der Waals surface area contributed by atoms with E-state index < -0.39 is 17.2 Å². The van der Waals surface area contributed by atoms with Crippen molar-refractivity contribution in [2.45, 2.75) is 69.1 Å². The van der Waals surface area contributed by atoms with Gasteiger partial charge in [0.05, 0.1) is 19.8 Å². The SMILES string of the molecule is CN=CN=CCC1CCCC(CN2CCC(N3CCC(Nc4ccc(OCCN5CCOCC5)cc4)CC3)CC2)(c2ccc(F)cc2F)OC1. The number of rotatable bonds is 13. The molecule has 4 fully saturated rings. The van der Waals surface area contributed by atoms with Gasteiger partial charge in [0, 0.05) is 81.9 Å². The highest BCUT2D eigenvalue weighted by Crippen LogP contribution is 2.39. The van der Waals surface area contributed by atoms with Gasteiger partial charge in [-0.3, -0.25) is 14.8 Å². The van der Waals surface area contributed by atoms with Gasteiger partial charge in [0.25, 0.3) is 0 Å². The number of halogens is 2. The van der Waals surface area contributed by atoms with Gasteiger partial charge in [-0.05, 0) is 101 Å². The molecule has 1 N–H and O–H groups in total. The summed E-state index contributed by atoms with van der Waals surface area (Å²) in [5.41, 5.74) is 0.836. The lowest BCUT2D eigenvalue weighted by Crippen LogP contribution is -2.52. The van der Waals surface area contributed by atoms with E-state index in [1.165, 1.54) is 6.07 Å². The zero-order valence-corrected chi connectivity index (χ0v) is 29.8. The van der Waals surface area contributed by atoms with Gasteiger partial charge in [0.2, 0.25) is 0 Å². The van der Waals surface area contributed by atoms with E-state index in [0.29, 0.717) is 49.7 Å². The Kier molecular flexibility index (Phi) is 13.6. The van der Waals surface area contributed by atoms with Crippen LogP contribution in [0, 0.1) is 17.6 Å². The zero-order valence-electron chi connectivity index (χ0n) is 29.8. The summed E-state index contributed by atoms with van der Waals surface area (Å²) in [6.07, 6.45) is 11.3. The van der Waals surface area contributed by atoms with Crippen LogP contribution in [0.5, 0.6) is 5.75 Å². The molecular formula is C39H56F2N6O3. The summed E-state index contributed by atoms with van der Waals surface area (Å²) in [7, 11) is 1.70. The number of morpholine rings is 1. The summed E-state index contributed by atoms with van der Waals surface area (Å²) >= 11 is 0. The Bertz CT molecular complexity index is 1370. The Labute approximate surface area is 297 Å². The summed E-state index contributed by atoms with van der Waals surface area (Å²) in [6.45, 7) is 10.4. The number of hydrogen-bond donors (Lipinski definition) is 1. The number of anilines is 1. The summed E-state index contributed by atoms with van der Waals surface area (Å²) in [4.78, 5) is 15.6. The average Bonchev–Trinajstić information content (AvgIpc) is 3.34. The minimum absolute atomic E-state index is 0.307. The van der Waals surface area contributed by atoms with E-state index in [4.69, 9.17) is 14.2 Å². The van der Waals surface area contributed by atoms with Crippen LogP contribution in [-0.4, -0.2) is 125 Å². The van der Waals surface area contributed by atoms with Gasteiger partial charge < -0.3 is 24.4 Å². The van der Waals surface area contributed by atoms with E-state index in [-0.39, 0.29) is 0 Å². The second-order valence-corrected chi connectivity index (χ2v) is 14.4. The predicted molar refractivity (Wildman–Crippen MR) is 196 cm³/mol. The van der Waals surface area contributed by atoms with Gasteiger partial charge in [0.1, 0.15) is 35.9 Å². The molecule has 0 saturated carbocycles. The molecule has 2 aromatic carbocycles. The molecule has 4 saturated heterocycles. The highest BCUT2D eigenvalue weighted by atomic mass is 19.1. The number of aliphatic imine (C=N–C) groups is 2. The van der Waals surface area contributed by atoms with Crippen LogP contribution in [0.25, 0.3) is 0 Å².